The number of rotatable bonds is 4. The van der Waals surface area contributed by atoms with Crippen molar-refractivity contribution in [2.24, 2.45) is 0 Å². The number of benzene rings is 2. The van der Waals surface area contributed by atoms with E-state index in [1.807, 2.05) is 13.8 Å². The SMILES string of the molecule is Cc1ccc(C)c(SCC(=O)Nc2cc(Cl)c(N)c(Cl)c2)c1. The molecule has 0 atom stereocenters. The highest BCUT2D eigenvalue weighted by molar-refractivity contribution is 8.00. The Labute approximate surface area is 144 Å². The molecule has 2 rings (SSSR count). The second kappa shape index (κ2) is 7.27. The number of halogens is 2. The molecule has 0 aliphatic heterocycles. The molecule has 0 spiro atoms. The molecule has 0 saturated heterocycles. The van der Waals surface area contributed by atoms with Gasteiger partial charge in [0.1, 0.15) is 0 Å². The lowest BCUT2D eigenvalue weighted by atomic mass is 10.2. The van der Waals surface area contributed by atoms with Gasteiger partial charge < -0.3 is 11.1 Å². The molecule has 0 unspecified atom stereocenters. The molecule has 2 aromatic rings. The number of hydrogen-bond acceptors (Lipinski definition) is 3. The molecule has 0 aliphatic rings. The topological polar surface area (TPSA) is 55.1 Å². The molecule has 116 valence electrons. The number of nitrogens with one attached hydrogen (secondary N) is 1. The Balaban J connectivity index is 2.00. The van der Waals surface area contributed by atoms with Crippen molar-refractivity contribution in [3.05, 3.63) is 51.5 Å². The largest absolute Gasteiger partial charge is 0.396 e. The van der Waals surface area contributed by atoms with Crippen molar-refractivity contribution in [1.82, 2.24) is 0 Å². The van der Waals surface area contributed by atoms with Gasteiger partial charge in [-0.3, -0.25) is 4.79 Å². The van der Waals surface area contributed by atoms with Crippen LogP contribution in [0.2, 0.25) is 10.0 Å². The van der Waals surface area contributed by atoms with Crippen LogP contribution in [0.15, 0.2) is 35.2 Å². The van der Waals surface area contributed by atoms with Gasteiger partial charge in [0.15, 0.2) is 0 Å². The van der Waals surface area contributed by atoms with Crippen molar-refractivity contribution < 1.29 is 4.79 Å². The molecule has 2 aromatic carbocycles. The Morgan fingerprint density at radius 2 is 1.82 bits per heavy atom. The van der Waals surface area contributed by atoms with Crippen LogP contribution in [0.4, 0.5) is 11.4 Å². The number of carbonyl (C=O) groups is 1. The summed E-state index contributed by atoms with van der Waals surface area (Å²) in [4.78, 5) is 13.1. The minimum Gasteiger partial charge on any atom is -0.396 e. The number of hydrogen-bond donors (Lipinski definition) is 2. The van der Waals surface area contributed by atoms with Gasteiger partial charge in [-0.05, 0) is 37.6 Å². The fraction of sp³-hybridized carbons (Fsp3) is 0.188. The van der Waals surface area contributed by atoms with Gasteiger partial charge >= 0.3 is 0 Å². The van der Waals surface area contributed by atoms with E-state index in [0.29, 0.717) is 27.2 Å². The molecule has 0 heterocycles. The van der Waals surface area contributed by atoms with E-state index in [2.05, 4.69) is 23.5 Å². The lowest BCUT2D eigenvalue weighted by Crippen LogP contribution is -2.14. The third-order valence-corrected chi connectivity index (χ3v) is 4.85. The molecule has 1 amide bonds. The first kappa shape index (κ1) is 17.0. The second-order valence-corrected chi connectivity index (χ2v) is 6.79. The molecular weight excluding hydrogens is 339 g/mol. The highest BCUT2D eigenvalue weighted by atomic mass is 35.5. The summed E-state index contributed by atoms with van der Waals surface area (Å²) in [5, 5.41) is 3.42. The van der Waals surface area contributed by atoms with Gasteiger partial charge in [0, 0.05) is 10.6 Å². The first-order valence-corrected chi connectivity index (χ1v) is 8.35. The van der Waals surface area contributed by atoms with E-state index in [0.717, 1.165) is 10.5 Å². The van der Waals surface area contributed by atoms with Crippen LogP contribution in [0.25, 0.3) is 0 Å². The van der Waals surface area contributed by atoms with Crippen LogP contribution in [-0.2, 0) is 4.79 Å². The first-order chi connectivity index (χ1) is 10.4. The highest BCUT2D eigenvalue weighted by Gasteiger charge is 2.09. The standard InChI is InChI=1S/C16H16Cl2N2OS/c1-9-3-4-10(2)14(5-9)22-8-15(21)20-11-6-12(17)16(19)13(18)7-11/h3-7H,8,19H2,1-2H3,(H,20,21). The first-order valence-electron chi connectivity index (χ1n) is 6.61. The second-order valence-electron chi connectivity index (χ2n) is 4.96. The molecule has 0 saturated carbocycles. The van der Waals surface area contributed by atoms with Crippen molar-refractivity contribution in [1.29, 1.82) is 0 Å². The van der Waals surface area contributed by atoms with Crippen LogP contribution in [-0.4, -0.2) is 11.7 Å². The quantitative estimate of drug-likeness (QED) is 0.604. The summed E-state index contributed by atoms with van der Waals surface area (Å²) in [5.41, 5.74) is 8.84. The average molecular weight is 355 g/mol. The van der Waals surface area contributed by atoms with Gasteiger partial charge in [0.05, 0.1) is 21.5 Å². The van der Waals surface area contributed by atoms with E-state index in [9.17, 15) is 4.79 Å². The summed E-state index contributed by atoms with van der Waals surface area (Å²) in [6, 6.07) is 9.35. The zero-order valence-corrected chi connectivity index (χ0v) is 14.6. The molecule has 0 bridgehead atoms. The molecule has 3 N–H and O–H groups in total. The summed E-state index contributed by atoms with van der Waals surface area (Å²) in [6.07, 6.45) is 0. The Morgan fingerprint density at radius 1 is 1.18 bits per heavy atom. The lowest BCUT2D eigenvalue weighted by molar-refractivity contribution is -0.113. The van der Waals surface area contributed by atoms with Crippen molar-refractivity contribution in [3.63, 3.8) is 0 Å². The normalized spacial score (nSPS) is 10.5. The predicted octanol–water partition coefficient (Wildman–Crippen LogP) is 4.92. The van der Waals surface area contributed by atoms with E-state index in [-0.39, 0.29) is 5.91 Å². The molecule has 0 aliphatic carbocycles. The van der Waals surface area contributed by atoms with Crippen molar-refractivity contribution in [3.8, 4) is 0 Å². The van der Waals surface area contributed by atoms with Crippen LogP contribution < -0.4 is 11.1 Å². The maximum Gasteiger partial charge on any atom is 0.234 e. The van der Waals surface area contributed by atoms with Gasteiger partial charge in [0.25, 0.3) is 0 Å². The predicted molar refractivity (Wildman–Crippen MR) is 96.1 cm³/mol. The number of anilines is 2. The molecule has 22 heavy (non-hydrogen) atoms. The minimum atomic E-state index is -0.122. The van der Waals surface area contributed by atoms with Crippen molar-refractivity contribution >= 4 is 52.2 Å². The Bertz CT molecular complexity index is 696. The van der Waals surface area contributed by atoms with Gasteiger partial charge in [-0.1, -0.05) is 40.9 Å². The third kappa shape index (κ3) is 4.32. The zero-order valence-electron chi connectivity index (χ0n) is 12.2. The maximum absolute atomic E-state index is 12.0. The minimum absolute atomic E-state index is 0.122. The number of amides is 1. The molecule has 0 radical (unpaired) electrons. The van der Waals surface area contributed by atoms with Crippen LogP contribution in [0, 0.1) is 13.8 Å². The average Bonchev–Trinajstić information content (AvgIpc) is 2.45. The maximum atomic E-state index is 12.0. The molecular formula is C16H16Cl2N2OS. The van der Waals surface area contributed by atoms with Gasteiger partial charge in [-0.2, -0.15) is 0 Å². The van der Waals surface area contributed by atoms with Crippen LogP contribution in [0.3, 0.4) is 0 Å². The lowest BCUT2D eigenvalue weighted by Gasteiger charge is -2.09. The third-order valence-electron chi connectivity index (χ3n) is 3.07. The van der Waals surface area contributed by atoms with Crippen molar-refractivity contribution in [2.75, 3.05) is 16.8 Å². The smallest absolute Gasteiger partial charge is 0.234 e. The summed E-state index contributed by atoms with van der Waals surface area (Å²) in [5.74, 6) is 0.187. The van der Waals surface area contributed by atoms with Crippen LogP contribution in [0.1, 0.15) is 11.1 Å². The van der Waals surface area contributed by atoms with E-state index >= 15 is 0 Å². The number of nitrogens with two attached hydrogens (primary N) is 1. The Kier molecular flexibility index (Phi) is 5.62. The summed E-state index contributed by atoms with van der Waals surface area (Å²) in [7, 11) is 0. The van der Waals surface area contributed by atoms with Gasteiger partial charge in [0.2, 0.25) is 5.91 Å². The Hall–Kier alpha value is -1.36. The number of aryl methyl sites for hydroxylation is 2. The summed E-state index contributed by atoms with van der Waals surface area (Å²) < 4.78 is 0. The van der Waals surface area contributed by atoms with E-state index in [1.54, 1.807) is 12.1 Å². The van der Waals surface area contributed by atoms with E-state index in [4.69, 9.17) is 28.9 Å². The van der Waals surface area contributed by atoms with Crippen molar-refractivity contribution in [2.45, 2.75) is 18.7 Å². The van der Waals surface area contributed by atoms with Gasteiger partial charge in [-0.15, -0.1) is 11.8 Å². The number of thioether (sulfide) groups is 1. The zero-order chi connectivity index (χ0) is 16.3. The summed E-state index contributed by atoms with van der Waals surface area (Å²) in [6.45, 7) is 4.06. The number of carbonyl (C=O) groups excluding carboxylic acids is 1. The molecule has 3 nitrogen and oxygen atoms in total. The van der Waals surface area contributed by atoms with E-state index < -0.39 is 0 Å². The molecule has 0 aromatic heterocycles. The summed E-state index contributed by atoms with van der Waals surface area (Å²) >= 11 is 13.4. The monoisotopic (exact) mass is 354 g/mol. The number of nitrogen functional groups attached to an aromatic ring is 1. The molecule has 0 fully saturated rings. The highest BCUT2D eigenvalue weighted by Crippen LogP contribution is 2.31. The van der Waals surface area contributed by atoms with Crippen LogP contribution >= 0.6 is 35.0 Å². The van der Waals surface area contributed by atoms with E-state index in [1.165, 1.54) is 17.3 Å². The fourth-order valence-corrected chi connectivity index (χ4v) is 3.27. The van der Waals surface area contributed by atoms with Crippen LogP contribution in [0.5, 0.6) is 0 Å². The Morgan fingerprint density at radius 3 is 2.45 bits per heavy atom. The van der Waals surface area contributed by atoms with Gasteiger partial charge in [-0.25, -0.2) is 0 Å². The fourth-order valence-electron chi connectivity index (χ4n) is 1.86. The molecule has 6 heteroatoms.